The van der Waals surface area contributed by atoms with Crippen molar-refractivity contribution in [2.24, 2.45) is 5.73 Å². The van der Waals surface area contributed by atoms with Gasteiger partial charge in [-0.25, -0.2) is 4.79 Å². The van der Waals surface area contributed by atoms with Gasteiger partial charge in [0, 0.05) is 0 Å². The second kappa shape index (κ2) is 6.22. The van der Waals surface area contributed by atoms with Crippen LogP contribution in [0.5, 0.6) is 0 Å². The van der Waals surface area contributed by atoms with Crippen LogP contribution in [0.2, 0.25) is 0 Å². The van der Waals surface area contributed by atoms with Crippen LogP contribution >= 0.6 is 0 Å². The molecule has 0 aliphatic carbocycles. The zero-order valence-corrected chi connectivity index (χ0v) is 12.4. The van der Waals surface area contributed by atoms with E-state index in [9.17, 15) is 22.8 Å². The molecule has 1 saturated heterocycles. The van der Waals surface area contributed by atoms with Crippen LogP contribution in [0, 0.1) is 0 Å². The Morgan fingerprint density at radius 3 is 2.43 bits per heavy atom. The Hall–Kier alpha value is -2.66. The molecule has 0 spiro atoms. The van der Waals surface area contributed by atoms with Gasteiger partial charge in [-0.3, -0.25) is 14.1 Å². The van der Waals surface area contributed by atoms with Gasteiger partial charge in [-0.2, -0.15) is 12.7 Å². The fourth-order valence-electron chi connectivity index (χ4n) is 2.03. The van der Waals surface area contributed by atoms with Crippen LogP contribution in [0.1, 0.15) is 5.56 Å². The lowest BCUT2D eigenvalue weighted by Crippen LogP contribution is -2.75. The van der Waals surface area contributed by atoms with Gasteiger partial charge in [0.2, 0.25) is 5.91 Å². The van der Waals surface area contributed by atoms with Gasteiger partial charge < -0.3 is 15.8 Å². The van der Waals surface area contributed by atoms with Crippen molar-refractivity contribution < 1.29 is 32.1 Å². The summed E-state index contributed by atoms with van der Waals surface area (Å²) in [7, 11) is -4.94. The first kappa shape index (κ1) is 16.7. The fourth-order valence-corrected chi connectivity index (χ4v) is 2.89. The molecule has 4 N–H and O–H groups in total. The standard InChI is InChI=1S/C12H13N3O7S/c13-10(16)9-8(11(17)15(9)23(19,20)21)14-12(18)22-6-7-4-2-1-3-5-7/h1-5,8-9H,6H2,(H2,13,16)(H,14,18)(H,19,20,21)/t8-,9-/m1/s1. The summed E-state index contributed by atoms with van der Waals surface area (Å²) in [6.45, 7) is -0.0865. The summed E-state index contributed by atoms with van der Waals surface area (Å²) < 4.78 is 35.6. The van der Waals surface area contributed by atoms with Gasteiger partial charge in [-0.15, -0.1) is 0 Å². The maximum absolute atomic E-state index is 11.6. The second-order valence-corrected chi connectivity index (χ2v) is 5.93. The molecule has 1 aromatic rings. The average Bonchev–Trinajstić information content (AvgIpc) is 2.47. The minimum absolute atomic E-state index is 0.0865. The number of carbonyl (C=O) groups is 3. The topological polar surface area (TPSA) is 156 Å². The van der Waals surface area contributed by atoms with Crippen molar-refractivity contribution in [3.8, 4) is 0 Å². The van der Waals surface area contributed by atoms with Crippen molar-refractivity contribution in [3.05, 3.63) is 35.9 Å². The third kappa shape index (κ3) is 3.57. The minimum Gasteiger partial charge on any atom is -0.445 e. The number of ether oxygens (including phenoxy) is 1. The van der Waals surface area contributed by atoms with E-state index in [2.05, 4.69) is 0 Å². The van der Waals surface area contributed by atoms with E-state index in [1.165, 1.54) is 0 Å². The quantitative estimate of drug-likeness (QED) is 0.447. The number of amides is 3. The Kier molecular flexibility index (Phi) is 4.52. The van der Waals surface area contributed by atoms with Crippen molar-refractivity contribution in [1.29, 1.82) is 0 Å². The highest BCUT2D eigenvalue weighted by molar-refractivity contribution is 7.84. The van der Waals surface area contributed by atoms with E-state index >= 15 is 0 Å². The number of nitrogens with one attached hydrogen (secondary N) is 1. The summed E-state index contributed by atoms with van der Waals surface area (Å²) in [5.74, 6) is -2.39. The largest absolute Gasteiger partial charge is 0.445 e. The number of carbonyl (C=O) groups excluding carboxylic acids is 3. The second-order valence-electron chi connectivity index (χ2n) is 4.64. The summed E-state index contributed by atoms with van der Waals surface area (Å²) in [4.78, 5) is 34.5. The molecular formula is C12H13N3O7S. The van der Waals surface area contributed by atoms with Crippen molar-refractivity contribution >= 4 is 28.2 Å². The monoisotopic (exact) mass is 343 g/mol. The molecule has 1 aliphatic rings. The van der Waals surface area contributed by atoms with Crippen LogP contribution < -0.4 is 11.1 Å². The van der Waals surface area contributed by atoms with Gasteiger partial charge in [0.15, 0.2) is 6.04 Å². The zero-order valence-electron chi connectivity index (χ0n) is 11.6. The Labute approximate surface area is 131 Å². The Bertz CT molecular complexity index is 734. The van der Waals surface area contributed by atoms with E-state index in [1.54, 1.807) is 30.3 Å². The number of rotatable bonds is 5. The highest BCUT2D eigenvalue weighted by atomic mass is 32.2. The molecule has 1 heterocycles. The van der Waals surface area contributed by atoms with Crippen LogP contribution in [0.15, 0.2) is 30.3 Å². The molecule has 0 aromatic heterocycles. The molecule has 0 saturated carbocycles. The van der Waals surface area contributed by atoms with Crippen molar-refractivity contribution in [1.82, 2.24) is 9.62 Å². The number of primary amides is 1. The molecule has 0 unspecified atom stereocenters. The molecule has 10 nitrogen and oxygen atoms in total. The van der Waals surface area contributed by atoms with E-state index in [1.807, 2.05) is 5.32 Å². The van der Waals surface area contributed by atoms with Gasteiger partial charge in [0.1, 0.15) is 12.6 Å². The third-order valence-corrected chi connectivity index (χ3v) is 3.98. The van der Waals surface area contributed by atoms with E-state index in [4.69, 9.17) is 15.0 Å². The maximum Gasteiger partial charge on any atom is 0.408 e. The van der Waals surface area contributed by atoms with Crippen LogP contribution in [0.4, 0.5) is 4.79 Å². The number of hydrogen-bond acceptors (Lipinski definition) is 6. The summed E-state index contributed by atoms with van der Waals surface area (Å²) in [6, 6.07) is 5.43. The van der Waals surface area contributed by atoms with Gasteiger partial charge >= 0.3 is 16.4 Å². The van der Waals surface area contributed by atoms with Crippen molar-refractivity contribution in [2.45, 2.75) is 18.7 Å². The lowest BCUT2D eigenvalue weighted by Gasteiger charge is -2.41. The third-order valence-electron chi connectivity index (χ3n) is 3.08. The van der Waals surface area contributed by atoms with Gasteiger partial charge in [0.25, 0.3) is 5.91 Å². The lowest BCUT2D eigenvalue weighted by molar-refractivity contribution is -0.149. The predicted octanol–water partition coefficient (Wildman–Crippen LogP) is -1.22. The normalized spacial score (nSPS) is 20.6. The summed E-state index contributed by atoms with van der Waals surface area (Å²) in [5, 5.41) is 2.04. The molecule has 1 aliphatic heterocycles. The van der Waals surface area contributed by atoms with Gasteiger partial charge in [-0.1, -0.05) is 30.3 Å². The highest BCUT2D eigenvalue weighted by Crippen LogP contribution is 2.23. The molecule has 2 rings (SSSR count). The Morgan fingerprint density at radius 2 is 1.91 bits per heavy atom. The van der Waals surface area contributed by atoms with E-state index in [-0.39, 0.29) is 10.9 Å². The number of hydrogen-bond donors (Lipinski definition) is 3. The summed E-state index contributed by atoms with van der Waals surface area (Å²) >= 11 is 0. The summed E-state index contributed by atoms with van der Waals surface area (Å²) in [6.07, 6.45) is -1.03. The lowest BCUT2D eigenvalue weighted by atomic mass is 9.98. The molecule has 0 bridgehead atoms. The van der Waals surface area contributed by atoms with Gasteiger partial charge in [-0.05, 0) is 5.56 Å². The van der Waals surface area contributed by atoms with Crippen LogP contribution in [0.3, 0.4) is 0 Å². The first-order chi connectivity index (χ1) is 10.7. The molecule has 124 valence electrons. The van der Waals surface area contributed by atoms with E-state index in [0.29, 0.717) is 5.56 Å². The zero-order chi connectivity index (χ0) is 17.2. The number of β-lactam (4-membered cyclic amide) rings is 1. The molecule has 2 atom stereocenters. The summed E-state index contributed by atoms with van der Waals surface area (Å²) in [5.41, 5.74) is 5.67. The molecule has 1 fully saturated rings. The number of nitrogens with two attached hydrogens (primary N) is 1. The Morgan fingerprint density at radius 1 is 1.30 bits per heavy atom. The predicted molar refractivity (Wildman–Crippen MR) is 74.9 cm³/mol. The Balaban J connectivity index is 1.98. The van der Waals surface area contributed by atoms with Crippen LogP contribution in [0.25, 0.3) is 0 Å². The average molecular weight is 343 g/mol. The SMILES string of the molecule is NC(=O)[C@H]1[C@@H](NC(=O)OCc2ccccc2)C(=O)N1S(=O)(=O)O. The molecule has 1 aromatic carbocycles. The number of alkyl carbamates (subject to hydrolysis) is 1. The maximum atomic E-state index is 11.6. The van der Waals surface area contributed by atoms with E-state index in [0.717, 1.165) is 0 Å². The van der Waals surface area contributed by atoms with Crippen LogP contribution in [-0.4, -0.2) is 47.3 Å². The molecule has 3 amide bonds. The molecular weight excluding hydrogens is 330 g/mol. The first-order valence-corrected chi connectivity index (χ1v) is 7.68. The van der Waals surface area contributed by atoms with Crippen molar-refractivity contribution in [3.63, 3.8) is 0 Å². The molecule has 0 radical (unpaired) electrons. The number of nitrogens with zero attached hydrogens (tertiary/aromatic N) is 1. The van der Waals surface area contributed by atoms with Crippen molar-refractivity contribution in [2.75, 3.05) is 0 Å². The first-order valence-electron chi connectivity index (χ1n) is 6.29. The van der Waals surface area contributed by atoms with Crippen LogP contribution in [-0.2, 0) is 31.2 Å². The molecule has 11 heteroatoms. The van der Waals surface area contributed by atoms with E-state index < -0.39 is 40.3 Å². The number of benzene rings is 1. The molecule has 23 heavy (non-hydrogen) atoms. The fraction of sp³-hybridized carbons (Fsp3) is 0.250. The minimum atomic E-state index is -4.94. The smallest absolute Gasteiger partial charge is 0.408 e. The van der Waals surface area contributed by atoms with Gasteiger partial charge in [0.05, 0.1) is 0 Å². The highest BCUT2D eigenvalue weighted by Gasteiger charge is 2.57.